The van der Waals surface area contributed by atoms with Crippen LogP contribution in [-0.4, -0.2) is 118 Å². The van der Waals surface area contributed by atoms with E-state index in [1.807, 2.05) is 72.2 Å². The third-order valence-corrected chi connectivity index (χ3v) is 7.43. The number of fused-ring (bicyclic) bond motifs is 1. The Morgan fingerprint density at radius 3 is 2.51 bits per heavy atom. The second kappa shape index (κ2) is 16.0. The number of aliphatic hydroxyl groups excluding tert-OH is 1. The van der Waals surface area contributed by atoms with Crippen LogP contribution >= 0.6 is 0 Å². The van der Waals surface area contributed by atoms with E-state index < -0.39 is 6.04 Å². The maximum atomic E-state index is 14.1. The molecule has 0 unspecified atom stereocenters. The lowest BCUT2D eigenvalue weighted by Crippen LogP contribution is -2.48. The molecule has 1 aliphatic heterocycles. The Morgan fingerprint density at radius 2 is 1.87 bits per heavy atom. The van der Waals surface area contributed by atoms with Crippen molar-refractivity contribution in [1.82, 2.24) is 14.7 Å². The summed E-state index contributed by atoms with van der Waals surface area (Å²) in [5.41, 5.74) is 1.39. The smallest absolute Gasteiger partial charge is 0.258 e. The first-order valence-corrected chi connectivity index (χ1v) is 14.3. The average molecular weight is 549 g/mol. The van der Waals surface area contributed by atoms with Crippen molar-refractivity contribution >= 4 is 17.5 Å². The lowest BCUT2D eigenvalue weighted by molar-refractivity contribution is -0.132. The molecule has 1 aromatic carbocycles. The Balaban J connectivity index is 2.35. The summed E-state index contributed by atoms with van der Waals surface area (Å²) in [4.78, 5) is 34.4. The van der Waals surface area contributed by atoms with Crippen LogP contribution in [0.25, 0.3) is 0 Å². The number of anilines is 1. The van der Waals surface area contributed by atoms with Crippen molar-refractivity contribution in [3.63, 3.8) is 0 Å². The van der Waals surface area contributed by atoms with E-state index in [-0.39, 0.29) is 36.5 Å². The van der Waals surface area contributed by atoms with Gasteiger partial charge in [-0.05, 0) is 78.4 Å². The zero-order valence-corrected chi connectivity index (χ0v) is 25.5. The summed E-state index contributed by atoms with van der Waals surface area (Å²) >= 11 is 0. The number of carbonyl (C=O) groups is 2. The normalized spacial score (nSPS) is 22.1. The molecule has 39 heavy (non-hydrogen) atoms. The standard InChI is InChI=1S/C30H52N4O5/c1-22-19-34(23(2)21-35)30(37)26-18-25(32(6)7)14-15-27(26)39-24(3)12-9-10-17-38-28(22)20-33(8)29(36)13-11-16-31(4)5/h14-15,18,22-24,28,35H,9-13,16-17,19-21H2,1-8H3/t22-,23-,24-,28+/m0/s1. The maximum absolute atomic E-state index is 14.1. The molecule has 0 saturated carbocycles. The topological polar surface area (TPSA) is 85.8 Å². The fraction of sp³-hybridized carbons (Fsp3) is 0.733. The number of nitrogens with zero attached hydrogens (tertiary/aromatic N) is 4. The first-order valence-electron chi connectivity index (χ1n) is 14.3. The van der Waals surface area contributed by atoms with Gasteiger partial charge in [-0.2, -0.15) is 0 Å². The van der Waals surface area contributed by atoms with Gasteiger partial charge in [-0.25, -0.2) is 0 Å². The van der Waals surface area contributed by atoms with Gasteiger partial charge in [0, 0.05) is 58.9 Å². The summed E-state index contributed by atoms with van der Waals surface area (Å²) in [6, 6.07) is 5.30. The van der Waals surface area contributed by atoms with Crippen molar-refractivity contribution in [2.24, 2.45) is 5.92 Å². The Bertz CT molecular complexity index is 909. The highest BCUT2D eigenvalue weighted by atomic mass is 16.5. The fourth-order valence-corrected chi connectivity index (χ4v) is 4.76. The highest BCUT2D eigenvalue weighted by Crippen LogP contribution is 2.29. The number of rotatable bonds is 9. The Labute approximate surface area is 236 Å². The van der Waals surface area contributed by atoms with Gasteiger partial charge in [0.15, 0.2) is 0 Å². The predicted octanol–water partition coefficient (Wildman–Crippen LogP) is 3.35. The second-order valence-electron chi connectivity index (χ2n) is 11.6. The monoisotopic (exact) mass is 548 g/mol. The molecule has 9 heteroatoms. The van der Waals surface area contributed by atoms with Crippen molar-refractivity contribution in [2.45, 2.75) is 71.1 Å². The summed E-state index contributed by atoms with van der Waals surface area (Å²) in [5.74, 6) is 0.412. The van der Waals surface area contributed by atoms with Gasteiger partial charge in [0.1, 0.15) is 5.75 Å². The summed E-state index contributed by atoms with van der Waals surface area (Å²) in [6.45, 7) is 8.06. The van der Waals surface area contributed by atoms with Crippen LogP contribution in [0.15, 0.2) is 18.2 Å². The second-order valence-corrected chi connectivity index (χ2v) is 11.6. The van der Waals surface area contributed by atoms with E-state index in [0.29, 0.717) is 37.4 Å². The molecule has 1 heterocycles. The van der Waals surface area contributed by atoms with E-state index in [1.165, 1.54) is 0 Å². The van der Waals surface area contributed by atoms with Crippen molar-refractivity contribution in [1.29, 1.82) is 0 Å². The molecule has 0 aromatic heterocycles. The molecule has 1 N–H and O–H groups in total. The molecule has 0 saturated heterocycles. The molecule has 0 bridgehead atoms. The number of likely N-dealkylation sites (N-methyl/N-ethyl adjacent to an activating group) is 1. The van der Waals surface area contributed by atoms with E-state index in [2.05, 4.69) is 11.8 Å². The summed E-state index contributed by atoms with van der Waals surface area (Å²) in [6.07, 6.45) is 3.67. The molecule has 0 spiro atoms. The van der Waals surface area contributed by atoms with E-state index in [9.17, 15) is 14.7 Å². The largest absolute Gasteiger partial charge is 0.490 e. The van der Waals surface area contributed by atoms with Crippen molar-refractivity contribution < 1.29 is 24.2 Å². The van der Waals surface area contributed by atoms with Gasteiger partial charge in [0.2, 0.25) is 5.91 Å². The molecule has 2 rings (SSSR count). The molecule has 222 valence electrons. The minimum atomic E-state index is -0.396. The molecular weight excluding hydrogens is 496 g/mol. The van der Waals surface area contributed by atoms with Crippen LogP contribution < -0.4 is 9.64 Å². The van der Waals surface area contributed by atoms with E-state index in [4.69, 9.17) is 9.47 Å². The number of carbonyl (C=O) groups excluding carboxylic acids is 2. The molecular formula is C30H52N4O5. The summed E-state index contributed by atoms with van der Waals surface area (Å²) in [7, 11) is 9.72. The highest BCUT2D eigenvalue weighted by Gasteiger charge is 2.31. The van der Waals surface area contributed by atoms with E-state index >= 15 is 0 Å². The minimum absolute atomic E-state index is 0.0611. The Kier molecular flexibility index (Phi) is 13.5. The number of hydrogen-bond acceptors (Lipinski definition) is 7. The first kappa shape index (κ1) is 32.8. The van der Waals surface area contributed by atoms with Crippen LogP contribution in [0, 0.1) is 5.92 Å². The lowest BCUT2D eigenvalue weighted by Gasteiger charge is -2.36. The maximum Gasteiger partial charge on any atom is 0.258 e. The third-order valence-electron chi connectivity index (χ3n) is 7.43. The Morgan fingerprint density at radius 1 is 1.15 bits per heavy atom. The van der Waals surface area contributed by atoms with Crippen LogP contribution in [0.3, 0.4) is 0 Å². The Hall–Kier alpha value is -2.36. The predicted molar refractivity (Wildman–Crippen MR) is 157 cm³/mol. The molecule has 2 amide bonds. The highest BCUT2D eigenvalue weighted by molar-refractivity contribution is 5.98. The number of aliphatic hydroxyl groups is 1. The van der Waals surface area contributed by atoms with Crippen LogP contribution in [0.2, 0.25) is 0 Å². The van der Waals surface area contributed by atoms with Crippen molar-refractivity contribution in [2.75, 3.05) is 73.0 Å². The SMILES string of the molecule is C[C@H]1CCCCO[C@H](CN(C)C(=O)CCCN(C)C)[C@@H](C)CN([C@@H](C)CO)C(=O)c2cc(N(C)C)ccc2O1. The van der Waals surface area contributed by atoms with Gasteiger partial charge < -0.3 is 34.2 Å². The lowest BCUT2D eigenvalue weighted by atomic mass is 10.0. The minimum Gasteiger partial charge on any atom is -0.490 e. The quantitative estimate of drug-likeness (QED) is 0.507. The van der Waals surface area contributed by atoms with Crippen LogP contribution in [0.5, 0.6) is 5.75 Å². The molecule has 0 radical (unpaired) electrons. The van der Waals surface area contributed by atoms with Gasteiger partial charge in [-0.3, -0.25) is 9.59 Å². The molecule has 1 aromatic rings. The van der Waals surface area contributed by atoms with Gasteiger partial charge in [-0.15, -0.1) is 0 Å². The number of benzene rings is 1. The fourth-order valence-electron chi connectivity index (χ4n) is 4.76. The molecule has 4 atom stereocenters. The van der Waals surface area contributed by atoms with E-state index in [1.54, 1.807) is 9.80 Å². The molecule has 0 aliphatic carbocycles. The molecule has 9 nitrogen and oxygen atoms in total. The van der Waals surface area contributed by atoms with Gasteiger partial charge in [-0.1, -0.05) is 6.92 Å². The zero-order valence-electron chi connectivity index (χ0n) is 25.5. The van der Waals surface area contributed by atoms with Crippen molar-refractivity contribution in [3.05, 3.63) is 23.8 Å². The summed E-state index contributed by atoms with van der Waals surface area (Å²) in [5, 5.41) is 10.1. The molecule has 0 fully saturated rings. The van der Waals surface area contributed by atoms with Gasteiger partial charge in [0.25, 0.3) is 5.91 Å². The van der Waals surface area contributed by atoms with Gasteiger partial charge in [0.05, 0.1) is 30.4 Å². The van der Waals surface area contributed by atoms with Crippen LogP contribution in [0.1, 0.15) is 63.2 Å². The molecule has 1 aliphatic rings. The van der Waals surface area contributed by atoms with Crippen molar-refractivity contribution in [3.8, 4) is 5.75 Å². The zero-order chi connectivity index (χ0) is 29.1. The number of amides is 2. The summed E-state index contributed by atoms with van der Waals surface area (Å²) < 4.78 is 12.6. The van der Waals surface area contributed by atoms with E-state index in [0.717, 1.165) is 37.9 Å². The third kappa shape index (κ3) is 10.3. The van der Waals surface area contributed by atoms with Gasteiger partial charge >= 0.3 is 0 Å². The average Bonchev–Trinajstić information content (AvgIpc) is 2.89. The van der Waals surface area contributed by atoms with Crippen LogP contribution in [-0.2, 0) is 9.53 Å². The van der Waals surface area contributed by atoms with Crippen LogP contribution in [0.4, 0.5) is 5.69 Å². The first-order chi connectivity index (χ1) is 18.4. The number of ether oxygens (including phenoxy) is 2. The number of hydrogen-bond donors (Lipinski definition) is 1.